The highest BCUT2D eigenvalue weighted by molar-refractivity contribution is 6.46. The Kier molecular flexibility index (Phi) is 5.90. The van der Waals surface area contributed by atoms with Crippen molar-refractivity contribution in [3.63, 3.8) is 0 Å². The van der Waals surface area contributed by atoms with Gasteiger partial charge in [0, 0.05) is 24.5 Å². The minimum Gasteiger partial charge on any atom is -0.507 e. The van der Waals surface area contributed by atoms with Gasteiger partial charge in [-0.25, -0.2) is 0 Å². The smallest absolute Gasteiger partial charge is 0.295 e. The number of aliphatic hydroxyl groups excluding tert-OH is 1. The number of hydrogen-bond donors (Lipinski definition) is 1. The monoisotopic (exact) mass is 379 g/mol. The first kappa shape index (κ1) is 19.8. The molecule has 1 amide bonds. The van der Waals surface area contributed by atoms with Gasteiger partial charge in [0.2, 0.25) is 0 Å². The summed E-state index contributed by atoms with van der Waals surface area (Å²) in [6, 6.07) is 10.2. The molecule has 1 unspecified atom stereocenters. The molecule has 0 radical (unpaired) electrons. The average molecular weight is 379 g/mol. The molecular weight excluding hydrogens is 354 g/mol. The highest BCUT2D eigenvalue weighted by Gasteiger charge is 2.45. The predicted molar refractivity (Wildman–Crippen MR) is 108 cm³/mol. The fraction of sp³-hybridized carbons (Fsp3) is 0.318. The number of aliphatic hydroxyl groups is 1. The van der Waals surface area contributed by atoms with Crippen LogP contribution in [0.25, 0.3) is 5.76 Å². The van der Waals surface area contributed by atoms with Crippen molar-refractivity contribution >= 4 is 17.4 Å². The number of amides is 1. The Bertz CT molecular complexity index is 889. The first-order valence-electron chi connectivity index (χ1n) is 9.30. The van der Waals surface area contributed by atoms with Gasteiger partial charge in [0.15, 0.2) is 0 Å². The molecule has 6 nitrogen and oxygen atoms in total. The Labute approximate surface area is 165 Å². The summed E-state index contributed by atoms with van der Waals surface area (Å²) in [6.45, 7) is 3.16. The average Bonchev–Trinajstić information content (AvgIpc) is 2.93. The first-order valence-corrected chi connectivity index (χ1v) is 9.30. The standard InChI is InChI=1S/C22H25N3O3/c1-15-7-9-16(10-8-15)20(26)18-19(17-6-4-11-23-14-17)25(22(28)21(18)27)13-5-12-24(2)3/h4,6-11,14,19,26H,5,12-13H2,1-3H3/b20-18+. The number of pyridine rings is 1. The van der Waals surface area contributed by atoms with E-state index in [0.717, 1.165) is 18.5 Å². The summed E-state index contributed by atoms with van der Waals surface area (Å²) in [7, 11) is 3.92. The lowest BCUT2D eigenvalue weighted by molar-refractivity contribution is -0.139. The van der Waals surface area contributed by atoms with E-state index in [4.69, 9.17) is 0 Å². The fourth-order valence-corrected chi connectivity index (χ4v) is 3.42. The van der Waals surface area contributed by atoms with E-state index in [0.29, 0.717) is 17.7 Å². The summed E-state index contributed by atoms with van der Waals surface area (Å²) in [5.41, 5.74) is 2.39. The van der Waals surface area contributed by atoms with Crippen LogP contribution < -0.4 is 0 Å². The zero-order valence-electron chi connectivity index (χ0n) is 16.4. The molecule has 2 heterocycles. The van der Waals surface area contributed by atoms with Gasteiger partial charge in [0.25, 0.3) is 11.7 Å². The van der Waals surface area contributed by atoms with Gasteiger partial charge in [0.1, 0.15) is 5.76 Å². The summed E-state index contributed by atoms with van der Waals surface area (Å²) < 4.78 is 0. The Balaban J connectivity index is 2.06. The molecule has 0 aliphatic carbocycles. The largest absolute Gasteiger partial charge is 0.507 e. The van der Waals surface area contributed by atoms with Crippen molar-refractivity contribution in [3.8, 4) is 0 Å². The summed E-state index contributed by atoms with van der Waals surface area (Å²) in [6.07, 6.45) is 4.00. The van der Waals surface area contributed by atoms with Gasteiger partial charge in [-0.3, -0.25) is 14.6 Å². The Morgan fingerprint density at radius 3 is 2.50 bits per heavy atom. The van der Waals surface area contributed by atoms with Crippen LogP contribution in [-0.2, 0) is 9.59 Å². The molecule has 146 valence electrons. The maximum atomic E-state index is 12.8. The zero-order chi connectivity index (χ0) is 20.3. The lowest BCUT2D eigenvalue weighted by Gasteiger charge is -2.25. The second-order valence-corrected chi connectivity index (χ2v) is 7.30. The van der Waals surface area contributed by atoms with Gasteiger partial charge in [-0.2, -0.15) is 0 Å². The number of carbonyl (C=O) groups excluding carboxylic acids is 2. The maximum absolute atomic E-state index is 12.8. The van der Waals surface area contributed by atoms with E-state index in [2.05, 4.69) is 4.98 Å². The van der Waals surface area contributed by atoms with Gasteiger partial charge >= 0.3 is 0 Å². The van der Waals surface area contributed by atoms with Crippen molar-refractivity contribution in [1.29, 1.82) is 0 Å². The number of aryl methyl sites for hydroxylation is 1. The molecule has 1 fully saturated rings. The number of likely N-dealkylation sites (tertiary alicyclic amines) is 1. The highest BCUT2D eigenvalue weighted by atomic mass is 16.3. The Hall–Kier alpha value is -2.99. The third kappa shape index (κ3) is 3.97. The normalized spacial score (nSPS) is 18.9. The van der Waals surface area contributed by atoms with Crippen molar-refractivity contribution in [3.05, 3.63) is 71.1 Å². The minimum atomic E-state index is -0.656. The molecule has 0 saturated carbocycles. The molecule has 1 atom stereocenters. The van der Waals surface area contributed by atoms with Crippen LogP contribution in [0.4, 0.5) is 0 Å². The van der Waals surface area contributed by atoms with Crippen molar-refractivity contribution in [1.82, 2.24) is 14.8 Å². The molecule has 1 aliphatic rings. The summed E-state index contributed by atoms with van der Waals surface area (Å²) in [5.74, 6) is -1.39. The summed E-state index contributed by atoms with van der Waals surface area (Å²) in [5, 5.41) is 10.9. The molecule has 28 heavy (non-hydrogen) atoms. The van der Waals surface area contributed by atoms with Gasteiger partial charge in [-0.1, -0.05) is 35.9 Å². The maximum Gasteiger partial charge on any atom is 0.295 e. The number of aromatic nitrogens is 1. The van der Waals surface area contributed by atoms with Crippen LogP contribution >= 0.6 is 0 Å². The van der Waals surface area contributed by atoms with E-state index in [1.807, 2.05) is 44.1 Å². The van der Waals surface area contributed by atoms with E-state index >= 15 is 0 Å². The van der Waals surface area contributed by atoms with Crippen LogP contribution in [0.3, 0.4) is 0 Å². The number of hydrogen-bond acceptors (Lipinski definition) is 5. The summed E-state index contributed by atoms with van der Waals surface area (Å²) >= 11 is 0. The molecule has 0 bridgehead atoms. The number of rotatable bonds is 6. The molecular formula is C22H25N3O3. The second-order valence-electron chi connectivity index (χ2n) is 7.30. The number of benzene rings is 1. The van der Waals surface area contributed by atoms with Crippen molar-refractivity contribution in [2.24, 2.45) is 0 Å². The third-order valence-electron chi connectivity index (χ3n) is 4.87. The molecule has 2 aromatic rings. The van der Waals surface area contributed by atoms with Crippen LogP contribution in [0, 0.1) is 6.92 Å². The number of nitrogens with zero attached hydrogens (tertiary/aromatic N) is 3. The van der Waals surface area contributed by atoms with Crippen molar-refractivity contribution in [2.75, 3.05) is 27.2 Å². The topological polar surface area (TPSA) is 73.7 Å². The zero-order valence-corrected chi connectivity index (χ0v) is 16.4. The lowest BCUT2D eigenvalue weighted by Crippen LogP contribution is -2.32. The molecule has 3 rings (SSSR count). The third-order valence-corrected chi connectivity index (χ3v) is 4.87. The van der Waals surface area contributed by atoms with Gasteiger partial charge < -0.3 is 14.9 Å². The van der Waals surface area contributed by atoms with Crippen LogP contribution in [-0.4, -0.2) is 58.8 Å². The Morgan fingerprint density at radius 1 is 1.18 bits per heavy atom. The van der Waals surface area contributed by atoms with Crippen LogP contribution in [0.1, 0.15) is 29.2 Å². The van der Waals surface area contributed by atoms with E-state index in [9.17, 15) is 14.7 Å². The molecule has 1 aliphatic heterocycles. The number of ketones is 1. The van der Waals surface area contributed by atoms with Crippen LogP contribution in [0.2, 0.25) is 0 Å². The van der Waals surface area contributed by atoms with E-state index in [1.54, 1.807) is 35.5 Å². The van der Waals surface area contributed by atoms with Gasteiger partial charge in [0.05, 0.1) is 11.6 Å². The van der Waals surface area contributed by atoms with Crippen molar-refractivity contribution in [2.45, 2.75) is 19.4 Å². The molecule has 1 aromatic heterocycles. The summed E-state index contributed by atoms with van der Waals surface area (Å²) in [4.78, 5) is 33.3. The quantitative estimate of drug-likeness (QED) is 0.475. The first-order chi connectivity index (χ1) is 13.4. The SMILES string of the molecule is Cc1ccc(/C(O)=C2\C(=O)C(=O)N(CCCN(C)C)C2c2cccnc2)cc1. The molecule has 1 aromatic carbocycles. The second kappa shape index (κ2) is 8.35. The van der Waals surface area contributed by atoms with E-state index in [-0.39, 0.29) is 11.3 Å². The fourth-order valence-electron chi connectivity index (χ4n) is 3.42. The van der Waals surface area contributed by atoms with Crippen molar-refractivity contribution < 1.29 is 14.7 Å². The number of carbonyl (C=O) groups is 2. The van der Waals surface area contributed by atoms with E-state index in [1.165, 1.54) is 0 Å². The van der Waals surface area contributed by atoms with E-state index < -0.39 is 17.7 Å². The molecule has 1 saturated heterocycles. The minimum absolute atomic E-state index is 0.117. The van der Waals surface area contributed by atoms with Crippen LogP contribution in [0.15, 0.2) is 54.4 Å². The van der Waals surface area contributed by atoms with Crippen LogP contribution in [0.5, 0.6) is 0 Å². The Morgan fingerprint density at radius 2 is 1.89 bits per heavy atom. The van der Waals surface area contributed by atoms with Gasteiger partial charge in [-0.05, 0) is 45.6 Å². The molecule has 6 heteroatoms. The number of Topliss-reactive ketones (excluding diaryl/α,β-unsaturated/α-hetero) is 1. The predicted octanol–water partition coefficient (Wildman–Crippen LogP) is 2.76. The highest BCUT2D eigenvalue weighted by Crippen LogP contribution is 2.39. The molecule has 0 spiro atoms. The lowest BCUT2D eigenvalue weighted by atomic mass is 9.96. The van der Waals surface area contributed by atoms with Gasteiger partial charge in [-0.15, -0.1) is 0 Å². The molecule has 1 N–H and O–H groups in total.